The summed E-state index contributed by atoms with van der Waals surface area (Å²) in [6, 6.07) is 2.65. The monoisotopic (exact) mass is 279 g/mol. The zero-order valence-electron chi connectivity index (χ0n) is 12.3. The summed E-state index contributed by atoms with van der Waals surface area (Å²) in [5, 5.41) is 21.3. The van der Waals surface area contributed by atoms with Crippen molar-refractivity contribution in [2.75, 3.05) is 19.7 Å². The summed E-state index contributed by atoms with van der Waals surface area (Å²) in [6.07, 6.45) is 6.65. The first-order valence-electron chi connectivity index (χ1n) is 7.66. The Balaban J connectivity index is 1.89. The normalized spacial score (nSPS) is 22.5. The largest absolute Gasteiger partial charge is 0.395 e. The van der Waals surface area contributed by atoms with Gasteiger partial charge in [0.25, 0.3) is 0 Å². The van der Waals surface area contributed by atoms with Gasteiger partial charge in [0.1, 0.15) is 5.54 Å². The summed E-state index contributed by atoms with van der Waals surface area (Å²) in [4.78, 5) is 14.3. The first-order chi connectivity index (χ1) is 9.59. The van der Waals surface area contributed by atoms with Crippen LogP contribution in [0.25, 0.3) is 0 Å². The second-order valence-electron chi connectivity index (χ2n) is 6.27. The third-order valence-corrected chi connectivity index (χ3v) is 4.60. The van der Waals surface area contributed by atoms with Gasteiger partial charge in [0.05, 0.1) is 19.2 Å². The number of aliphatic hydroxyl groups excluding tert-OH is 1. The maximum absolute atomic E-state index is 12.2. The summed E-state index contributed by atoms with van der Waals surface area (Å²) >= 11 is 0. The Morgan fingerprint density at radius 3 is 2.55 bits per heavy atom. The van der Waals surface area contributed by atoms with Crippen LogP contribution in [0.1, 0.15) is 45.4 Å². The van der Waals surface area contributed by atoms with E-state index in [1.165, 1.54) is 12.8 Å². The Kier molecular flexibility index (Phi) is 5.00. The zero-order valence-corrected chi connectivity index (χ0v) is 12.3. The fraction of sp³-hybridized carbons (Fsp3) is 0.867. The fourth-order valence-corrected chi connectivity index (χ4v) is 3.18. The average Bonchev–Trinajstić information content (AvgIpc) is 3.14. The summed E-state index contributed by atoms with van der Waals surface area (Å²) in [5.41, 5.74) is -0.725. The minimum Gasteiger partial charge on any atom is -0.395 e. The third-order valence-electron chi connectivity index (χ3n) is 4.60. The van der Waals surface area contributed by atoms with Crippen LogP contribution in [0.15, 0.2) is 0 Å². The summed E-state index contributed by atoms with van der Waals surface area (Å²) in [7, 11) is 0. The van der Waals surface area contributed by atoms with E-state index >= 15 is 0 Å². The highest BCUT2D eigenvalue weighted by Gasteiger charge is 2.43. The molecule has 1 atom stereocenters. The van der Waals surface area contributed by atoms with Gasteiger partial charge in [-0.05, 0) is 38.5 Å². The van der Waals surface area contributed by atoms with Crippen LogP contribution in [0.2, 0.25) is 0 Å². The fourth-order valence-electron chi connectivity index (χ4n) is 3.18. The van der Waals surface area contributed by atoms with Gasteiger partial charge in [-0.1, -0.05) is 12.8 Å². The predicted molar refractivity (Wildman–Crippen MR) is 75.8 cm³/mol. The van der Waals surface area contributed by atoms with Crippen molar-refractivity contribution in [3.05, 3.63) is 0 Å². The standard InChI is InChI=1S/C15H25N3O2/c1-15(11-16,12-6-7-12)17-14(20)10-18(8-9-19)13-4-2-3-5-13/h12-13,19H,2-10H2,1H3,(H,17,20). The minimum absolute atomic E-state index is 0.0714. The number of nitriles is 1. The Bertz CT molecular complexity index is 383. The van der Waals surface area contributed by atoms with Gasteiger partial charge in [0, 0.05) is 12.6 Å². The van der Waals surface area contributed by atoms with E-state index in [0.717, 1.165) is 25.7 Å². The van der Waals surface area contributed by atoms with Crippen molar-refractivity contribution in [3.63, 3.8) is 0 Å². The molecule has 0 aromatic heterocycles. The number of amides is 1. The van der Waals surface area contributed by atoms with Crippen molar-refractivity contribution >= 4 is 5.91 Å². The van der Waals surface area contributed by atoms with E-state index in [0.29, 0.717) is 18.5 Å². The molecule has 2 aliphatic rings. The second kappa shape index (κ2) is 6.55. The molecule has 20 heavy (non-hydrogen) atoms. The van der Waals surface area contributed by atoms with E-state index in [2.05, 4.69) is 16.3 Å². The molecule has 112 valence electrons. The molecule has 0 aliphatic heterocycles. The molecule has 2 saturated carbocycles. The highest BCUT2D eigenvalue weighted by molar-refractivity contribution is 5.79. The molecule has 0 saturated heterocycles. The van der Waals surface area contributed by atoms with Gasteiger partial charge in [-0.2, -0.15) is 5.26 Å². The SMILES string of the molecule is CC(C#N)(NC(=O)CN(CCO)C1CCCC1)C1CC1. The maximum atomic E-state index is 12.2. The van der Waals surface area contributed by atoms with E-state index < -0.39 is 5.54 Å². The highest BCUT2D eigenvalue weighted by atomic mass is 16.3. The molecule has 2 rings (SSSR count). The molecule has 2 fully saturated rings. The van der Waals surface area contributed by atoms with Crippen molar-refractivity contribution in [1.82, 2.24) is 10.2 Å². The Morgan fingerprint density at radius 2 is 2.05 bits per heavy atom. The van der Waals surface area contributed by atoms with Crippen molar-refractivity contribution in [2.45, 2.75) is 57.0 Å². The van der Waals surface area contributed by atoms with E-state index in [1.54, 1.807) is 0 Å². The van der Waals surface area contributed by atoms with Crippen LogP contribution in [-0.2, 0) is 4.79 Å². The molecule has 0 radical (unpaired) electrons. The van der Waals surface area contributed by atoms with Crippen LogP contribution < -0.4 is 5.32 Å². The van der Waals surface area contributed by atoms with E-state index in [4.69, 9.17) is 5.11 Å². The first kappa shape index (κ1) is 15.3. The molecule has 0 aromatic carbocycles. The van der Waals surface area contributed by atoms with Gasteiger partial charge >= 0.3 is 0 Å². The number of carbonyl (C=O) groups is 1. The van der Waals surface area contributed by atoms with Crippen LogP contribution in [0.3, 0.4) is 0 Å². The molecule has 5 heteroatoms. The van der Waals surface area contributed by atoms with Crippen LogP contribution in [-0.4, -0.2) is 47.2 Å². The second-order valence-corrected chi connectivity index (χ2v) is 6.27. The van der Waals surface area contributed by atoms with Gasteiger partial charge in [-0.3, -0.25) is 9.69 Å². The van der Waals surface area contributed by atoms with Crippen LogP contribution in [0, 0.1) is 17.2 Å². The smallest absolute Gasteiger partial charge is 0.235 e. The number of carbonyl (C=O) groups excluding carboxylic acids is 1. The van der Waals surface area contributed by atoms with E-state index in [-0.39, 0.29) is 19.1 Å². The van der Waals surface area contributed by atoms with Crippen molar-refractivity contribution in [3.8, 4) is 6.07 Å². The number of aliphatic hydroxyl groups is 1. The van der Waals surface area contributed by atoms with Gasteiger partial charge in [-0.15, -0.1) is 0 Å². The Morgan fingerprint density at radius 1 is 1.40 bits per heavy atom. The molecule has 2 N–H and O–H groups in total. The van der Waals surface area contributed by atoms with Gasteiger partial charge in [0.2, 0.25) is 5.91 Å². The zero-order chi connectivity index (χ0) is 14.6. The number of hydrogen-bond acceptors (Lipinski definition) is 4. The summed E-state index contributed by atoms with van der Waals surface area (Å²) in [5.74, 6) is 0.204. The van der Waals surface area contributed by atoms with Gasteiger partial charge in [0.15, 0.2) is 0 Å². The van der Waals surface area contributed by atoms with Crippen LogP contribution >= 0.6 is 0 Å². The summed E-state index contributed by atoms with van der Waals surface area (Å²) in [6.45, 7) is 2.70. The highest BCUT2D eigenvalue weighted by Crippen LogP contribution is 2.39. The van der Waals surface area contributed by atoms with Crippen LogP contribution in [0.5, 0.6) is 0 Å². The van der Waals surface area contributed by atoms with E-state index in [1.807, 2.05) is 6.92 Å². The Labute approximate surface area is 120 Å². The minimum atomic E-state index is -0.725. The molecule has 0 bridgehead atoms. The molecule has 1 amide bonds. The van der Waals surface area contributed by atoms with Crippen molar-refractivity contribution in [2.24, 2.45) is 5.92 Å². The lowest BCUT2D eigenvalue weighted by Crippen LogP contribution is -2.51. The average molecular weight is 279 g/mol. The molecular weight excluding hydrogens is 254 g/mol. The first-order valence-corrected chi connectivity index (χ1v) is 7.66. The predicted octanol–water partition coefficient (Wildman–Crippen LogP) is 1.03. The summed E-state index contributed by atoms with van der Waals surface area (Å²) < 4.78 is 0. The third kappa shape index (κ3) is 3.71. The van der Waals surface area contributed by atoms with Crippen molar-refractivity contribution in [1.29, 1.82) is 5.26 Å². The lowest BCUT2D eigenvalue weighted by molar-refractivity contribution is -0.124. The lowest BCUT2D eigenvalue weighted by atomic mass is 9.98. The topological polar surface area (TPSA) is 76.4 Å². The molecule has 5 nitrogen and oxygen atoms in total. The van der Waals surface area contributed by atoms with Crippen molar-refractivity contribution < 1.29 is 9.90 Å². The van der Waals surface area contributed by atoms with Gasteiger partial charge < -0.3 is 10.4 Å². The number of hydrogen-bond donors (Lipinski definition) is 2. The quantitative estimate of drug-likeness (QED) is 0.730. The Hall–Kier alpha value is -1.12. The number of nitrogens with zero attached hydrogens (tertiary/aromatic N) is 2. The maximum Gasteiger partial charge on any atom is 0.235 e. The molecule has 2 aliphatic carbocycles. The lowest BCUT2D eigenvalue weighted by Gasteiger charge is -2.29. The van der Waals surface area contributed by atoms with Crippen LogP contribution in [0.4, 0.5) is 0 Å². The molecule has 1 unspecified atom stereocenters. The number of nitrogens with one attached hydrogen (secondary N) is 1. The van der Waals surface area contributed by atoms with E-state index in [9.17, 15) is 10.1 Å². The van der Waals surface area contributed by atoms with Gasteiger partial charge in [-0.25, -0.2) is 0 Å². The number of rotatable bonds is 7. The molecule has 0 spiro atoms. The molecule has 0 heterocycles. The molecular formula is C15H25N3O2. The molecule has 0 aromatic rings.